The van der Waals surface area contributed by atoms with Crippen LogP contribution in [0.5, 0.6) is 0 Å². The Balaban J connectivity index is 1.47. The van der Waals surface area contributed by atoms with Gasteiger partial charge < -0.3 is 14.3 Å². The number of piperazine rings is 1. The summed E-state index contributed by atoms with van der Waals surface area (Å²) in [5, 5.41) is 12.6. The summed E-state index contributed by atoms with van der Waals surface area (Å²) in [5.74, 6) is -1.37. The van der Waals surface area contributed by atoms with E-state index in [4.69, 9.17) is 0 Å². The molecule has 8 nitrogen and oxygen atoms in total. The third kappa shape index (κ3) is 4.18. The Morgan fingerprint density at radius 2 is 1.90 bits per heavy atom. The van der Waals surface area contributed by atoms with Crippen molar-refractivity contribution >= 4 is 11.7 Å². The van der Waals surface area contributed by atoms with Crippen LogP contribution < -0.4 is 4.90 Å². The molecule has 31 heavy (non-hydrogen) atoms. The normalized spacial score (nSPS) is 14.4. The molecule has 1 aliphatic heterocycles. The van der Waals surface area contributed by atoms with Gasteiger partial charge in [-0.15, -0.1) is 0 Å². The first-order valence-corrected chi connectivity index (χ1v) is 9.27. The van der Waals surface area contributed by atoms with Gasteiger partial charge in [0.2, 0.25) is 5.82 Å². The van der Waals surface area contributed by atoms with Crippen LogP contribution in [-0.2, 0) is 6.18 Å². The number of halogens is 3. The molecule has 0 radical (unpaired) electrons. The quantitative estimate of drug-likeness (QED) is 0.632. The molecule has 0 atom stereocenters. The maximum Gasteiger partial charge on any atom is 0.471 e. The highest BCUT2D eigenvalue weighted by molar-refractivity contribution is 5.95. The minimum absolute atomic E-state index is 0.244. The van der Waals surface area contributed by atoms with Crippen molar-refractivity contribution in [3.63, 3.8) is 0 Å². The molecule has 4 rings (SSSR count). The molecular weight excluding hydrogens is 413 g/mol. The smallest absolute Gasteiger partial charge is 0.352 e. The van der Waals surface area contributed by atoms with Crippen LogP contribution in [0.3, 0.4) is 0 Å². The highest BCUT2D eigenvalue weighted by atomic mass is 19.4. The predicted octanol–water partition coefficient (Wildman–Crippen LogP) is 2.98. The van der Waals surface area contributed by atoms with Crippen LogP contribution in [0.1, 0.15) is 21.8 Å². The number of alkyl halides is 3. The van der Waals surface area contributed by atoms with Crippen LogP contribution in [0.25, 0.3) is 11.4 Å². The number of aromatic nitrogens is 3. The topological polar surface area (TPSA) is 99.2 Å². The zero-order valence-corrected chi connectivity index (χ0v) is 16.0. The van der Waals surface area contributed by atoms with Gasteiger partial charge in [0.25, 0.3) is 5.91 Å². The highest BCUT2D eigenvalue weighted by Gasteiger charge is 2.38. The lowest BCUT2D eigenvalue weighted by Crippen LogP contribution is -2.49. The van der Waals surface area contributed by atoms with Crippen molar-refractivity contribution in [2.45, 2.75) is 6.18 Å². The van der Waals surface area contributed by atoms with Gasteiger partial charge in [-0.2, -0.15) is 23.4 Å². The van der Waals surface area contributed by atoms with Crippen molar-refractivity contribution < 1.29 is 22.5 Å². The molecule has 11 heteroatoms. The van der Waals surface area contributed by atoms with Gasteiger partial charge in [0, 0.05) is 43.5 Å². The number of anilines is 1. The van der Waals surface area contributed by atoms with Gasteiger partial charge in [-0.05, 0) is 24.3 Å². The van der Waals surface area contributed by atoms with E-state index in [1.165, 1.54) is 12.1 Å². The van der Waals surface area contributed by atoms with Gasteiger partial charge in [-0.1, -0.05) is 17.3 Å². The maximum atomic E-state index is 12.9. The van der Waals surface area contributed by atoms with E-state index < -0.39 is 12.1 Å². The number of benzene rings is 1. The number of nitrogens with zero attached hydrogens (tertiary/aromatic N) is 6. The van der Waals surface area contributed by atoms with Crippen LogP contribution >= 0.6 is 0 Å². The van der Waals surface area contributed by atoms with E-state index in [1.807, 2.05) is 4.90 Å². The monoisotopic (exact) mass is 428 g/mol. The molecule has 0 bridgehead atoms. The van der Waals surface area contributed by atoms with Crippen LogP contribution in [0.4, 0.5) is 19.0 Å². The molecule has 2 aromatic heterocycles. The molecule has 0 N–H and O–H groups in total. The first-order valence-electron chi connectivity index (χ1n) is 9.27. The van der Waals surface area contributed by atoms with E-state index >= 15 is 0 Å². The van der Waals surface area contributed by atoms with Crippen molar-refractivity contribution in [3.8, 4) is 17.5 Å². The summed E-state index contributed by atoms with van der Waals surface area (Å²) in [6.07, 6.45) is -3.13. The molecular formula is C20H15F3N6O2. The number of hydrogen-bond donors (Lipinski definition) is 0. The fourth-order valence-corrected chi connectivity index (χ4v) is 3.29. The molecule has 1 aromatic carbocycles. The summed E-state index contributed by atoms with van der Waals surface area (Å²) in [4.78, 5) is 24.1. The van der Waals surface area contributed by atoms with Crippen molar-refractivity contribution in [1.82, 2.24) is 20.0 Å². The average Bonchev–Trinajstić information content (AvgIpc) is 3.30. The Kier molecular flexibility index (Phi) is 5.29. The Morgan fingerprint density at radius 3 is 2.58 bits per heavy atom. The largest absolute Gasteiger partial charge is 0.471 e. The maximum absolute atomic E-state index is 12.9. The van der Waals surface area contributed by atoms with Crippen molar-refractivity contribution in [1.29, 1.82) is 5.26 Å². The van der Waals surface area contributed by atoms with E-state index in [9.17, 15) is 23.2 Å². The zero-order chi connectivity index (χ0) is 22.0. The lowest BCUT2D eigenvalue weighted by Gasteiger charge is -2.35. The molecule has 0 spiro atoms. The SMILES string of the molecule is N#Cc1cccnc1N1CCN(C(=O)c2cccc(-c3noc(C(F)(F)F)n3)c2)CC1. The number of hydrogen-bond acceptors (Lipinski definition) is 7. The summed E-state index contributed by atoms with van der Waals surface area (Å²) in [7, 11) is 0. The molecule has 1 aliphatic rings. The van der Waals surface area contributed by atoms with Gasteiger partial charge >= 0.3 is 12.1 Å². The van der Waals surface area contributed by atoms with Crippen LogP contribution in [-0.4, -0.2) is 52.1 Å². The lowest BCUT2D eigenvalue weighted by atomic mass is 10.1. The van der Waals surface area contributed by atoms with E-state index in [-0.39, 0.29) is 17.3 Å². The van der Waals surface area contributed by atoms with Gasteiger partial charge in [0.1, 0.15) is 11.9 Å². The third-order valence-corrected chi connectivity index (χ3v) is 4.81. The van der Waals surface area contributed by atoms with Gasteiger partial charge in [0.15, 0.2) is 0 Å². The average molecular weight is 428 g/mol. The number of amides is 1. The first-order chi connectivity index (χ1) is 14.9. The Bertz CT molecular complexity index is 1150. The Hall–Kier alpha value is -3.94. The minimum Gasteiger partial charge on any atom is -0.352 e. The van der Waals surface area contributed by atoms with E-state index in [1.54, 1.807) is 35.4 Å². The second-order valence-corrected chi connectivity index (χ2v) is 6.77. The molecule has 0 aliphatic carbocycles. The summed E-state index contributed by atoms with van der Waals surface area (Å²) >= 11 is 0. The minimum atomic E-state index is -4.74. The highest BCUT2D eigenvalue weighted by Crippen LogP contribution is 2.29. The van der Waals surface area contributed by atoms with Crippen molar-refractivity contribution in [3.05, 3.63) is 59.6 Å². The van der Waals surface area contributed by atoms with Gasteiger partial charge in [0.05, 0.1) is 5.56 Å². The lowest BCUT2D eigenvalue weighted by molar-refractivity contribution is -0.159. The third-order valence-electron chi connectivity index (χ3n) is 4.81. The number of rotatable bonds is 3. The Morgan fingerprint density at radius 1 is 1.13 bits per heavy atom. The standard InChI is InChI=1S/C20H15F3N6O2/c21-20(22,23)19-26-16(27-31-19)13-3-1-4-14(11-13)18(30)29-9-7-28(8-10-29)17-15(12-24)5-2-6-25-17/h1-6,11H,7-10H2. The number of nitriles is 1. The summed E-state index contributed by atoms with van der Waals surface area (Å²) in [6.45, 7) is 1.81. The van der Waals surface area contributed by atoms with Crippen LogP contribution in [0.15, 0.2) is 47.1 Å². The van der Waals surface area contributed by atoms with E-state index in [2.05, 4.69) is 25.7 Å². The molecule has 0 saturated carbocycles. The molecule has 3 heterocycles. The Labute approximate surface area is 174 Å². The predicted molar refractivity (Wildman–Crippen MR) is 102 cm³/mol. The summed E-state index contributed by atoms with van der Waals surface area (Å²) < 4.78 is 42.3. The second-order valence-electron chi connectivity index (χ2n) is 6.77. The zero-order valence-electron chi connectivity index (χ0n) is 16.0. The molecule has 1 amide bonds. The number of carbonyl (C=O) groups is 1. The van der Waals surface area contributed by atoms with E-state index in [0.717, 1.165) is 0 Å². The molecule has 158 valence electrons. The van der Waals surface area contributed by atoms with Crippen molar-refractivity contribution in [2.75, 3.05) is 31.1 Å². The molecule has 1 saturated heterocycles. The van der Waals surface area contributed by atoms with Gasteiger partial charge in [-0.3, -0.25) is 4.79 Å². The van der Waals surface area contributed by atoms with Crippen molar-refractivity contribution in [2.24, 2.45) is 0 Å². The molecule has 1 fully saturated rings. The van der Waals surface area contributed by atoms with Crippen LogP contribution in [0.2, 0.25) is 0 Å². The first kappa shape index (κ1) is 20.3. The molecule has 3 aromatic rings. The van der Waals surface area contributed by atoms with Crippen LogP contribution in [0, 0.1) is 11.3 Å². The molecule has 0 unspecified atom stereocenters. The van der Waals surface area contributed by atoms with Gasteiger partial charge in [-0.25, -0.2) is 4.98 Å². The summed E-state index contributed by atoms with van der Waals surface area (Å²) in [6, 6.07) is 11.6. The number of carbonyl (C=O) groups excluding carboxylic acids is 1. The second kappa shape index (κ2) is 8.06. The van der Waals surface area contributed by atoms with E-state index in [0.29, 0.717) is 43.1 Å². The summed E-state index contributed by atoms with van der Waals surface area (Å²) in [5.41, 5.74) is 1.02. The number of pyridine rings is 1. The fraction of sp³-hybridized carbons (Fsp3) is 0.250. The fourth-order valence-electron chi connectivity index (χ4n) is 3.29.